The fourth-order valence-corrected chi connectivity index (χ4v) is 4.35. The maximum atomic E-state index is 12.8. The normalized spacial score (nSPS) is 14.4. The SMILES string of the molecule is COc1ccc(Cc2nc(-c3ccc4c(c3)nc(C)c(=O)n4C3CCCC3)no2)cc1. The number of aryl methyl sites for hydroxylation is 1. The zero-order chi connectivity index (χ0) is 21.4. The number of aromatic nitrogens is 4. The summed E-state index contributed by atoms with van der Waals surface area (Å²) in [4.78, 5) is 21.9. The summed E-state index contributed by atoms with van der Waals surface area (Å²) < 4.78 is 12.6. The Morgan fingerprint density at radius 3 is 2.61 bits per heavy atom. The highest BCUT2D eigenvalue weighted by atomic mass is 16.5. The van der Waals surface area contributed by atoms with Crippen LogP contribution in [0, 0.1) is 6.92 Å². The molecule has 0 amide bonds. The van der Waals surface area contributed by atoms with Crippen molar-refractivity contribution < 1.29 is 9.26 Å². The van der Waals surface area contributed by atoms with Gasteiger partial charge in [-0.2, -0.15) is 4.98 Å². The maximum absolute atomic E-state index is 12.8. The number of nitrogens with zero attached hydrogens (tertiary/aromatic N) is 4. The molecule has 0 aliphatic heterocycles. The topological polar surface area (TPSA) is 83.0 Å². The molecule has 7 heteroatoms. The first-order chi connectivity index (χ1) is 15.1. The number of ether oxygens (including phenoxy) is 1. The minimum absolute atomic E-state index is 0.00786. The molecule has 0 saturated heterocycles. The summed E-state index contributed by atoms with van der Waals surface area (Å²) in [7, 11) is 1.65. The zero-order valence-electron chi connectivity index (χ0n) is 17.7. The van der Waals surface area contributed by atoms with Gasteiger partial charge in [0, 0.05) is 11.6 Å². The lowest BCUT2D eigenvalue weighted by Crippen LogP contribution is -2.26. The van der Waals surface area contributed by atoms with Crippen LogP contribution in [0.3, 0.4) is 0 Å². The van der Waals surface area contributed by atoms with Gasteiger partial charge in [0.05, 0.1) is 24.6 Å². The van der Waals surface area contributed by atoms with Gasteiger partial charge in [-0.1, -0.05) is 30.1 Å². The lowest BCUT2D eigenvalue weighted by Gasteiger charge is -2.17. The Morgan fingerprint density at radius 2 is 1.87 bits per heavy atom. The van der Waals surface area contributed by atoms with E-state index in [1.165, 1.54) is 0 Å². The predicted octanol–water partition coefficient (Wildman–Crippen LogP) is 4.47. The van der Waals surface area contributed by atoms with Crippen LogP contribution < -0.4 is 10.3 Å². The van der Waals surface area contributed by atoms with Crippen molar-refractivity contribution in [2.75, 3.05) is 7.11 Å². The number of hydrogen-bond acceptors (Lipinski definition) is 6. The fourth-order valence-electron chi connectivity index (χ4n) is 4.35. The number of benzene rings is 2. The van der Waals surface area contributed by atoms with E-state index >= 15 is 0 Å². The first kappa shape index (κ1) is 19.5. The maximum Gasteiger partial charge on any atom is 0.272 e. The quantitative estimate of drug-likeness (QED) is 0.477. The van der Waals surface area contributed by atoms with Crippen LogP contribution in [0.5, 0.6) is 5.75 Å². The standard InChI is InChI=1S/C24H24N4O3/c1-15-24(29)28(18-5-3-4-6-18)21-12-9-17(14-20(21)25-15)23-26-22(31-27-23)13-16-7-10-19(30-2)11-8-16/h7-12,14,18H,3-6,13H2,1-2H3. The van der Waals surface area contributed by atoms with Crippen LogP contribution in [-0.2, 0) is 6.42 Å². The highest BCUT2D eigenvalue weighted by Crippen LogP contribution is 2.31. The molecule has 0 spiro atoms. The fraction of sp³-hybridized carbons (Fsp3) is 0.333. The largest absolute Gasteiger partial charge is 0.497 e. The van der Waals surface area contributed by atoms with Gasteiger partial charge in [0.25, 0.3) is 5.56 Å². The summed E-state index contributed by atoms with van der Waals surface area (Å²) >= 11 is 0. The first-order valence-corrected chi connectivity index (χ1v) is 10.6. The van der Waals surface area contributed by atoms with Gasteiger partial charge in [-0.3, -0.25) is 4.79 Å². The number of rotatable bonds is 5. The van der Waals surface area contributed by atoms with Crippen molar-refractivity contribution in [1.82, 2.24) is 19.7 Å². The molecule has 5 rings (SSSR count). The van der Waals surface area contributed by atoms with Crippen LogP contribution in [-0.4, -0.2) is 26.8 Å². The molecule has 4 aromatic rings. The van der Waals surface area contributed by atoms with Crippen LogP contribution in [0.2, 0.25) is 0 Å². The van der Waals surface area contributed by atoms with Crippen molar-refractivity contribution in [3.63, 3.8) is 0 Å². The van der Waals surface area contributed by atoms with Crippen LogP contribution in [0.4, 0.5) is 0 Å². The molecule has 7 nitrogen and oxygen atoms in total. The van der Waals surface area contributed by atoms with Crippen molar-refractivity contribution in [3.05, 3.63) is 70.0 Å². The van der Waals surface area contributed by atoms with Crippen molar-refractivity contribution in [3.8, 4) is 17.1 Å². The molecule has 1 saturated carbocycles. The van der Waals surface area contributed by atoms with E-state index in [2.05, 4.69) is 15.1 Å². The Labute approximate surface area is 179 Å². The molecule has 0 N–H and O–H groups in total. The minimum atomic E-state index is 0.00786. The molecule has 0 unspecified atom stereocenters. The highest BCUT2D eigenvalue weighted by Gasteiger charge is 2.22. The molecule has 0 atom stereocenters. The molecular weight excluding hydrogens is 392 g/mol. The molecule has 158 valence electrons. The van der Waals surface area contributed by atoms with E-state index in [9.17, 15) is 4.79 Å². The summed E-state index contributed by atoms with van der Waals surface area (Å²) in [5, 5.41) is 4.16. The van der Waals surface area contributed by atoms with Gasteiger partial charge in [0.1, 0.15) is 11.4 Å². The van der Waals surface area contributed by atoms with Crippen LogP contribution >= 0.6 is 0 Å². The van der Waals surface area contributed by atoms with Crippen LogP contribution in [0.1, 0.15) is 48.9 Å². The molecule has 0 radical (unpaired) electrons. The van der Waals surface area contributed by atoms with Crippen molar-refractivity contribution in [1.29, 1.82) is 0 Å². The van der Waals surface area contributed by atoms with E-state index in [4.69, 9.17) is 9.26 Å². The number of methoxy groups -OCH3 is 1. The Balaban J connectivity index is 1.47. The summed E-state index contributed by atoms with van der Waals surface area (Å²) in [6, 6.07) is 13.9. The number of hydrogen-bond donors (Lipinski definition) is 0. The van der Waals surface area contributed by atoms with Gasteiger partial charge in [0.15, 0.2) is 0 Å². The lowest BCUT2D eigenvalue weighted by molar-refractivity contribution is 0.385. The minimum Gasteiger partial charge on any atom is -0.497 e. The molecule has 31 heavy (non-hydrogen) atoms. The van der Waals surface area contributed by atoms with Gasteiger partial charge in [-0.15, -0.1) is 0 Å². The molecule has 1 fully saturated rings. The van der Waals surface area contributed by atoms with Gasteiger partial charge < -0.3 is 13.8 Å². The van der Waals surface area contributed by atoms with E-state index in [1.807, 2.05) is 47.0 Å². The van der Waals surface area contributed by atoms with E-state index in [1.54, 1.807) is 14.0 Å². The summed E-state index contributed by atoms with van der Waals surface area (Å²) in [6.07, 6.45) is 4.96. The van der Waals surface area contributed by atoms with Gasteiger partial charge in [-0.25, -0.2) is 4.98 Å². The Bertz CT molecular complexity index is 1280. The second kappa shape index (κ2) is 7.98. The van der Waals surface area contributed by atoms with Crippen molar-refractivity contribution >= 4 is 11.0 Å². The predicted molar refractivity (Wildman–Crippen MR) is 117 cm³/mol. The van der Waals surface area contributed by atoms with Crippen LogP contribution in [0.15, 0.2) is 51.8 Å². The second-order valence-corrected chi connectivity index (χ2v) is 8.05. The van der Waals surface area contributed by atoms with Crippen molar-refractivity contribution in [2.24, 2.45) is 0 Å². The zero-order valence-corrected chi connectivity index (χ0v) is 17.7. The lowest BCUT2D eigenvalue weighted by atomic mass is 10.1. The number of fused-ring (bicyclic) bond motifs is 1. The summed E-state index contributed by atoms with van der Waals surface area (Å²) in [5.41, 5.74) is 4.06. The molecule has 1 aliphatic rings. The molecule has 0 bridgehead atoms. The van der Waals surface area contributed by atoms with E-state index in [0.29, 0.717) is 23.8 Å². The molecular formula is C24H24N4O3. The Morgan fingerprint density at radius 1 is 1.10 bits per heavy atom. The summed E-state index contributed by atoms with van der Waals surface area (Å²) in [5.74, 6) is 1.87. The third-order valence-electron chi connectivity index (χ3n) is 5.98. The highest BCUT2D eigenvalue weighted by molar-refractivity contribution is 5.80. The Kier molecular flexibility index (Phi) is 5.02. The smallest absolute Gasteiger partial charge is 0.272 e. The third kappa shape index (κ3) is 3.71. The average Bonchev–Trinajstić information content (AvgIpc) is 3.47. The molecule has 2 aromatic heterocycles. The summed E-state index contributed by atoms with van der Waals surface area (Å²) in [6.45, 7) is 1.78. The van der Waals surface area contributed by atoms with Gasteiger partial charge >= 0.3 is 0 Å². The Hall–Kier alpha value is -3.48. The van der Waals surface area contributed by atoms with Crippen molar-refractivity contribution in [2.45, 2.75) is 45.1 Å². The molecule has 2 aromatic carbocycles. The van der Waals surface area contributed by atoms with E-state index < -0.39 is 0 Å². The monoisotopic (exact) mass is 416 g/mol. The molecule has 2 heterocycles. The first-order valence-electron chi connectivity index (χ1n) is 10.6. The average molecular weight is 416 g/mol. The van der Waals surface area contributed by atoms with Gasteiger partial charge in [0.2, 0.25) is 11.7 Å². The van der Waals surface area contributed by atoms with E-state index in [-0.39, 0.29) is 11.6 Å². The van der Waals surface area contributed by atoms with Crippen LogP contribution in [0.25, 0.3) is 22.4 Å². The molecule has 1 aliphatic carbocycles. The third-order valence-corrected chi connectivity index (χ3v) is 5.98. The second-order valence-electron chi connectivity index (χ2n) is 8.05. The van der Waals surface area contributed by atoms with Gasteiger partial charge in [-0.05, 0) is 55.7 Å². The van der Waals surface area contributed by atoms with E-state index in [0.717, 1.165) is 53.6 Å².